The number of rotatable bonds is 6. The predicted octanol–water partition coefficient (Wildman–Crippen LogP) is 5.89. The molecule has 2 aromatic heterocycles. The topological polar surface area (TPSA) is 85.2 Å². The average Bonchev–Trinajstić information content (AvgIpc) is 3.61. The second-order valence-corrected chi connectivity index (χ2v) is 9.12. The number of nitrogens with zero attached hydrogens (tertiary/aromatic N) is 6. The summed E-state index contributed by atoms with van der Waals surface area (Å²) >= 11 is 0. The molecule has 5 aromatic rings. The first-order chi connectivity index (χ1) is 17.3. The Bertz CT molecular complexity index is 1380. The summed E-state index contributed by atoms with van der Waals surface area (Å²) in [6.07, 6.45) is 6.95. The lowest BCUT2D eigenvalue weighted by Gasteiger charge is -2.23. The molecular formula is C28H27N7. The summed E-state index contributed by atoms with van der Waals surface area (Å²) in [6.45, 7) is 0. The summed E-state index contributed by atoms with van der Waals surface area (Å²) < 4.78 is 2.21. The minimum absolute atomic E-state index is 0.436. The third kappa shape index (κ3) is 4.49. The van der Waals surface area contributed by atoms with Crippen LogP contribution in [-0.2, 0) is 6.42 Å². The van der Waals surface area contributed by atoms with Crippen molar-refractivity contribution in [3.05, 3.63) is 90.3 Å². The lowest BCUT2D eigenvalue weighted by Crippen LogP contribution is -2.17. The highest BCUT2D eigenvalue weighted by atomic mass is 15.5. The molecular weight excluding hydrogens is 434 g/mol. The first-order valence-corrected chi connectivity index (χ1v) is 12.3. The molecule has 35 heavy (non-hydrogen) atoms. The molecule has 0 bridgehead atoms. The van der Waals surface area contributed by atoms with Gasteiger partial charge in [-0.1, -0.05) is 98.1 Å². The predicted molar refractivity (Wildman–Crippen MR) is 135 cm³/mol. The van der Waals surface area contributed by atoms with Crippen LogP contribution in [0.1, 0.15) is 49.5 Å². The summed E-state index contributed by atoms with van der Waals surface area (Å²) in [5, 5.41) is 19.4. The molecule has 7 heteroatoms. The van der Waals surface area contributed by atoms with Crippen molar-refractivity contribution in [3.8, 4) is 33.9 Å². The van der Waals surface area contributed by atoms with E-state index in [0.29, 0.717) is 11.9 Å². The second-order valence-electron chi connectivity index (χ2n) is 9.12. The molecule has 0 amide bonds. The van der Waals surface area contributed by atoms with Gasteiger partial charge in [0, 0.05) is 17.5 Å². The first-order valence-electron chi connectivity index (χ1n) is 12.3. The minimum Gasteiger partial charge on any atom is -0.246 e. The number of H-pyrrole nitrogens is 1. The molecule has 3 aromatic carbocycles. The third-order valence-corrected chi connectivity index (χ3v) is 6.81. The fourth-order valence-electron chi connectivity index (χ4n) is 5.00. The van der Waals surface area contributed by atoms with Crippen molar-refractivity contribution in [2.24, 2.45) is 0 Å². The van der Waals surface area contributed by atoms with Crippen LogP contribution >= 0.6 is 0 Å². The molecule has 0 radical (unpaired) electrons. The first kappa shape index (κ1) is 21.4. The van der Waals surface area contributed by atoms with Gasteiger partial charge in [-0.15, -0.1) is 5.10 Å². The largest absolute Gasteiger partial charge is 0.246 e. The molecule has 1 fully saturated rings. The summed E-state index contributed by atoms with van der Waals surface area (Å²) in [6, 6.07) is 27.6. The molecule has 2 heterocycles. The van der Waals surface area contributed by atoms with Crippen LogP contribution in [0.3, 0.4) is 0 Å². The number of aromatic amines is 1. The van der Waals surface area contributed by atoms with Crippen LogP contribution in [0.25, 0.3) is 33.9 Å². The summed E-state index contributed by atoms with van der Waals surface area (Å²) in [4.78, 5) is 5.00. The summed E-state index contributed by atoms with van der Waals surface area (Å²) in [5.74, 6) is 2.52. The van der Waals surface area contributed by atoms with E-state index in [1.165, 1.54) is 37.7 Å². The van der Waals surface area contributed by atoms with Gasteiger partial charge in [0.05, 0.1) is 6.04 Å². The molecule has 174 valence electrons. The van der Waals surface area contributed by atoms with E-state index >= 15 is 0 Å². The van der Waals surface area contributed by atoms with E-state index in [-0.39, 0.29) is 0 Å². The van der Waals surface area contributed by atoms with Gasteiger partial charge in [0.25, 0.3) is 0 Å². The molecule has 0 atom stereocenters. The van der Waals surface area contributed by atoms with Crippen LogP contribution in [0.4, 0.5) is 0 Å². The van der Waals surface area contributed by atoms with Gasteiger partial charge in [-0.05, 0) is 40.0 Å². The van der Waals surface area contributed by atoms with E-state index in [2.05, 4.69) is 67.8 Å². The van der Waals surface area contributed by atoms with Crippen molar-refractivity contribution in [3.63, 3.8) is 0 Å². The molecule has 0 unspecified atom stereocenters. The molecule has 6 rings (SSSR count). The van der Waals surface area contributed by atoms with E-state index in [9.17, 15) is 0 Å². The zero-order valence-corrected chi connectivity index (χ0v) is 19.5. The third-order valence-electron chi connectivity index (χ3n) is 6.81. The quantitative estimate of drug-likeness (QED) is 0.341. The highest BCUT2D eigenvalue weighted by Gasteiger charge is 2.22. The number of benzene rings is 3. The SMILES string of the molecule is c1ccc(-c2nc(Cc3ccc(-c4ccccc4-c4nnn[nH]4)cc3)n(C3CCCCC3)n2)cc1. The number of hydrogen-bond acceptors (Lipinski definition) is 5. The standard InChI is InChI=1S/C28H27N7/c1-3-9-22(10-4-1)27-29-26(35(32-27)23-11-5-2-6-12-23)19-20-15-17-21(18-16-20)24-13-7-8-14-25(24)28-30-33-34-31-28/h1,3-4,7-10,13-18,23H,2,5-6,11-12,19H2,(H,30,31,33,34). The van der Waals surface area contributed by atoms with Gasteiger partial charge in [0.15, 0.2) is 11.6 Å². The van der Waals surface area contributed by atoms with Gasteiger partial charge in [-0.2, -0.15) is 5.10 Å². The molecule has 1 N–H and O–H groups in total. The van der Waals surface area contributed by atoms with Crippen LogP contribution in [0.15, 0.2) is 78.9 Å². The molecule has 1 saturated carbocycles. The highest BCUT2D eigenvalue weighted by molar-refractivity contribution is 5.80. The Morgan fingerprint density at radius 2 is 1.51 bits per heavy atom. The zero-order chi connectivity index (χ0) is 23.5. The fraction of sp³-hybridized carbons (Fsp3) is 0.250. The smallest absolute Gasteiger partial charge is 0.181 e. The minimum atomic E-state index is 0.436. The number of hydrogen-bond donors (Lipinski definition) is 1. The normalized spacial score (nSPS) is 14.3. The Balaban J connectivity index is 1.30. The molecule has 1 aliphatic carbocycles. The van der Waals surface area contributed by atoms with Gasteiger partial charge in [0.1, 0.15) is 5.82 Å². The van der Waals surface area contributed by atoms with Crippen molar-refractivity contribution >= 4 is 0 Å². The molecule has 0 saturated heterocycles. The van der Waals surface area contributed by atoms with Crippen molar-refractivity contribution in [1.82, 2.24) is 35.4 Å². The molecule has 0 spiro atoms. The van der Waals surface area contributed by atoms with E-state index in [1.807, 2.05) is 36.4 Å². The Kier molecular flexibility index (Phi) is 5.88. The van der Waals surface area contributed by atoms with Gasteiger partial charge >= 0.3 is 0 Å². The lowest BCUT2D eigenvalue weighted by atomic mass is 9.95. The Labute approximate surface area is 204 Å². The van der Waals surface area contributed by atoms with Gasteiger partial charge < -0.3 is 0 Å². The Hall–Kier alpha value is -4.13. The second kappa shape index (κ2) is 9.62. The average molecular weight is 462 g/mol. The van der Waals surface area contributed by atoms with Crippen molar-refractivity contribution in [1.29, 1.82) is 0 Å². The maximum atomic E-state index is 5.00. The molecule has 7 nitrogen and oxygen atoms in total. The zero-order valence-electron chi connectivity index (χ0n) is 19.5. The van der Waals surface area contributed by atoms with Crippen LogP contribution in [-0.4, -0.2) is 35.4 Å². The van der Waals surface area contributed by atoms with E-state index < -0.39 is 0 Å². The van der Waals surface area contributed by atoms with Crippen LogP contribution in [0.2, 0.25) is 0 Å². The van der Waals surface area contributed by atoms with Crippen LogP contribution in [0, 0.1) is 0 Å². The summed E-state index contributed by atoms with van der Waals surface area (Å²) in [7, 11) is 0. The van der Waals surface area contributed by atoms with E-state index in [0.717, 1.165) is 40.3 Å². The summed E-state index contributed by atoms with van der Waals surface area (Å²) in [5.41, 5.74) is 5.48. The van der Waals surface area contributed by atoms with E-state index in [4.69, 9.17) is 10.1 Å². The van der Waals surface area contributed by atoms with E-state index in [1.54, 1.807) is 0 Å². The van der Waals surface area contributed by atoms with Gasteiger partial charge in [-0.3, -0.25) is 0 Å². The van der Waals surface area contributed by atoms with Gasteiger partial charge in [0.2, 0.25) is 0 Å². The highest BCUT2D eigenvalue weighted by Crippen LogP contribution is 2.32. The van der Waals surface area contributed by atoms with Crippen LogP contribution in [0.5, 0.6) is 0 Å². The number of tetrazole rings is 1. The maximum absolute atomic E-state index is 5.00. The Morgan fingerprint density at radius 3 is 2.26 bits per heavy atom. The fourth-order valence-corrected chi connectivity index (χ4v) is 5.00. The van der Waals surface area contributed by atoms with Crippen molar-refractivity contribution < 1.29 is 0 Å². The lowest BCUT2D eigenvalue weighted by molar-refractivity contribution is 0.322. The van der Waals surface area contributed by atoms with Crippen LogP contribution < -0.4 is 0 Å². The molecule has 0 aliphatic heterocycles. The Morgan fingerprint density at radius 1 is 0.771 bits per heavy atom. The maximum Gasteiger partial charge on any atom is 0.181 e. The monoisotopic (exact) mass is 461 g/mol. The number of nitrogens with one attached hydrogen (secondary N) is 1. The molecule has 1 aliphatic rings. The number of aromatic nitrogens is 7. The van der Waals surface area contributed by atoms with Crippen molar-refractivity contribution in [2.75, 3.05) is 0 Å². The van der Waals surface area contributed by atoms with Crippen molar-refractivity contribution in [2.45, 2.75) is 44.6 Å². The van der Waals surface area contributed by atoms with Gasteiger partial charge in [-0.25, -0.2) is 14.8 Å².